The summed E-state index contributed by atoms with van der Waals surface area (Å²) in [6.45, 7) is 4.26. The summed E-state index contributed by atoms with van der Waals surface area (Å²) in [6, 6.07) is 0. The van der Waals surface area contributed by atoms with Crippen LogP contribution in [0.25, 0.3) is 0 Å². The highest BCUT2D eigenvalue weighted by atomic mass is 31.2. The highest BCUT2D eigenvalue weighted by molar-refractivity contribution is 7.47. The lowest BCUT2D eigenvalue weighted by Gasteiger charge is -2.21. The zero-order valence-corrected chi connectivity index (χ0v) is 46.0. The van der Waals surface area contributed by atoms with Crippen molar-refractivity contribution in [3.8, 4) is 0 Å². The Morgan fingerprint density at radius 1 is 0.417 bits per heavy atom. The molecule has 12 heteroatoms. The molecule has 72 heavy (non-hydrogen) atoms. The number of allylic oxidation sites excluding steroid dienone is 17. The lowest BCUT2D eigenvalue weighted by Crippen LogP contribution is -2.30. The van der Waals surface area contributed by atoms with Crippen molar-refractivity contribution >= 4 is 25.7 Å². The number of esters is 3. The number of aliphatic hydroxyl groups is 1. The fourth-order valence-corrected chi connectivity index (χ4v) is 7.85. The van der Waals surface area contributed by atoms with E-state index in [0.717, 1.165) is 96.3 Å². The van der Waals surface area contributed by atoms with Crippen LogP contribution in [0.15, 0.2) is 109 Å². The number of hydrogen-bond donors (Lipinski definition) is 2. The molecule has 3 atom stereocenters. The molecule has 2 N–H and O–H groups in total. The van der Waals surface area contributed by atoms with Gasteiger partial charge >= 0.3 is 25.7 Å². The highest BCUT2D eigenvalue weighted by Crippen LogP contribution is 2.43. The zero-order chi connectivity index (χ0) is 52.7. The average Bonchev–Trinajstić information content (AvgIpc) is 3.37. The van der Waals surface area contributed by atoms with Crippen LogP contribution >= 0.6 is 7.82 Å². The largest absolute Gasteiger partial charge is 0.472 e. The topological polar surface area (TPSA) is 155 Å². The second-order valence-corrected chi connectivity index (χ2v) is 19.5. The molecule has 0 aliphatic rings. The third-order valence-corrected chi connectivity index (χ3v) is 12.2. The summed E-state index contributed by atoms with van der Waals surface area (Å²) < 4.78 is 39.3. The van der Waals surface area contributed by atoms with E-state index < -0.39 is 64.4 Å². The van der Waals surface area contributed by atoms with E-state index in [2.05, 4.69) is 112 Å². The van der Waals surface area contributed by atoms with Crippen molar-refractivity contribution in [1.29, 1.82) is 0 Å². The van der Waals surface area contributed by atoms with Gasteiger partial charge in [-0.25, -0.2) is 4.57 Å². The average molecular weight is 1030 g/mol. The molecule has 0 saturated carbocycles. The minimum atomic E-state index is -4.78. The third-order valence-electron chi connectivity index (χ3n) is 11.2. The van der Waals surface area contributed by atoms with Crippen molar-refractivity contribution in [2.45, 2.75) is 226 Å². The van der Waals surface area contributed by atoms with Gasteiger partial charge in [-0.15, -0.1) is 0 Å². The maximum Gasteiger partial charge on any atom is 0.472 e. The molecule has 3 unspecified atom stereocenters. The summed E-state index contributed by atoms with van der Waals surface area (Å²) in [7, 11) is -4.78. The van der Waals surface area contributed by atoms with Gasteiger partial charge in [-0.05, 0) is 83.5 Å². The first-order valence-corrected chi connectivity index (χ1v) is 29.3. The minimum absolute atomic E-state index is 0.0157. The Balaban J connectivity index is 4.89. The van der Waals surface area contributed by atoms with Crippen LogP contribution in [-0.4, -0.2) is 66.5 Å². The van der Waals surface area contributed by atoms with Gasteiger partial charge in [0.05, 0.1) is 26.2 Å². The predicted octanol–water partition coefficient (Wildman–Crippen LogP) is 16.2. The molecule has 0 aromatic heterocycles. The van der Waals surface area contributed by atoms with Crippen molar-refractivity contribution < 1.29 is 52.2 Å². The van der Waals surface area contributed by atoms with Crippen LogP contribution in [-0.2, 0) is 42.2 Å². The Morgan fingerprint density at radius 3 is 1.18 bits per heavy atom. The van der Waals surface area contributed by atoms with E-state index in [1.807, 2.05) is 12.2 Å². The second-order valence-electron chi connectivity index (χ2n) is 18.0. The number of phosphoric acid groups is 1. The van der Waals surface area contributed by atoms with Crippen LogP contribution in [0.5, 0.6) is 0 Å². The Hall–Kier alpha value is -3.86. The van der Waals surface area contributed by atoms with E-state index in [4.69, 9.17) is 23.3 Å². The molecule has 0 aromatic carbocycles. The summed E-state index contributed by atoms with van der Waals surface area (Å²) >= 11 is 0. The van der Waals surface area contributed by atoms with E-state index in [1.54, 1.807) is 6.08 Å². The van der Waals surface area contributed by atoms with Crippen LogP contribution in [0.1, 0.15) is 213 Å². The summed E-state index contributed by atoms with van der Waals surface area (Å²) in [6.07, 6.45) is 63.6. The number of rotatable bonds is 50. The van der Waals surface area contributed by atoms with E-state index in [-0.39, 0.29) is 19.3 Å². The molecular formula is C60H99O11P. The molecule has 0 aliphatic carbocycles. The van der Waals surface area contributed by atoms with Gasteiger partial charge in [0, 0.05) is 12.8 Å². The van der Waals surface area contributed by atoms with Gasteiger partial charge in [-0.3, -0.25) is 23.4 Å². The van der Waals surface area contributed by atoms with Crippen LogP contribution in [0.2, 0.25) is 0 Å². The van der Waals surface area contributed by atoms with Crippen LogP contribution in [0.4, 0.5) is 0 Å². The van der Waals surface area contributed by atoms with Crippen molar-refractivity contribution in [3.05, 3.63) is 109 Å². The lowest BCUT2D eigenvalue weighted by atomic mass is 10.0. The SMILES string of the molecule is CC/C=C\C/C=C\C/C=C\C/C=C\C/C=C\CC(=O)OCC(COP(=O)(O)OCC(CO)OC(=O)CCCCCCCCCCCCCCC)OC(=O)CCCCCC/C=C\C/C=C\C/C=C\C/C=C\CC. The fraction of sp³-hybridized carbons (Fsp3) is 0.650. The molecule has 0 heterocycles. The Morgan fingerprint density at radius 2 is 0.764 bits per heavy atom. The van der Waals surface area contributed by atoms with Crippen LogP contribution in [0.3, 0.4) is 0 Å². The summed E-state index contributed by atoms with van der Waals surface area (Å²) in [5.41, 5.74) is 0. The quantitative estimate of drug-likeness (QED) is 0.0197. The van der Waals surface area contributed by atoms with Gasteiger partial charge in [0.1, 0.15) is 12.7 Å². The molecule has 0 saturated heterocycles. The zero-order valence-electron chi connectivity index (χ0n) is 45.1. The number of carbonyl (C=O) groups excluding carboxylic acids is 3. The number of phosphoric ester groups is 1. The van der Waals surface area contributed by atoms with Crippen molar-refractivity contribution in [3.63, 3.8) is 0 Å². The predicted molar refractivity (Wildman–Crippen MR) is 297 cm³/mol. The van der Waals surface area contributed by atoms with E-state index >= 15 is 0 Å². The Kier molecular flexibility index (Phi) is 50.6. The number of carbonyl (C=O) groups is 3. The first-order valence-electron chi connectivity index (χ1n) is 27.8. The molecule has 0 aromatic rings. The first-order chi connectivity index (χ1) is 35.2. The minimum Gasteiger partial charge on any atom is -0.461 e. The second kappa shape index (κ2) is 53.4. The molecule has 0 bridgehead atoms. The number of aliphatic hydroxyl groups excluding tert-OH is 1. The monoisotopic (exact) mass is 1030 g/mol. The fourth-order valence-electron chi connectivity index (χ4n) is 7.07. The number of ether oxygens (including phenoxy) is 3. The van der Waals surface area contributed by atoms with E-state index in [9.17, 15) is 28.9 Å². The molecule has 0 aliphatic heterocycles. The Bertz CT molecular complexity index is 1620. The van der Waals surface area contributed by atoms with Crippen LogP contribution < -0.4 is 0 Å². The third kappa shape index (κ3) is 51.1. The molecule has 0 spiro atoms. The summed E-state index contributed by atoms with van der Waals surface area (Å²) in [5, 5.41) is 9.80. The normalized spacial score (nSPS) is 14.2. The molecule has 0 rings (SSSR count). The van der Waals surface area contributed by atoms with Gasteiger partial charge in [-0.1, -0.05) is 220 Å². The number of hydrogen-bond acceptors (Lipinski definition) is 10. The first kappa shape index (κ1) is 68.1. The van der Waals surface area contributed by atoms with E-state index in [0.29, 0.717) is 19.3 Å². The molecule has 0 amide bonds. The van der Waals surface area contributed by atoms with Gasteiger partial charge in [-0.2, -0.15) is 0 Å². The summed E-state index contributed by atoms with van der Waals surface area (Å²) in [5.74, 6) is -1.65. The molecule has 0 radical (unpaired) electrons. The molecule has 0 fully saturated rings. The van der Waals surface area contributed by atoms with Crippen molar-refractivity contribution in [2.24, 2.45) is 0 Å². The van der Waals surface area contributed by atoms with Crippen molar-refractivity contribution in [2.75, 3.05) is 26.4 Å². The van der Waals surface area contributed by atoms with Crippen molar-refractivity contribution in [1.82, 2.24) is 0 Å². The highest BCUT2D eigenvalue weighted by Gasteiger charge is 2.28. The lowest BCUT2D eigenvalue weighted by molar-refractivity contribution is -0.161. The van der Waals surface area contributed by atoms with E-state index in [1.165, 1.54) is 57.8 Å². The standard InChI is InChI=1S/C60H99O11P/c1-4-7-10-13-16-19-22-25-27-28-30-33-36-39-42-45-48-51-60(64)71-57(53-67-58(62)49-46-43-40-37-34-32-29-26-23-20-17-14-11-8-5-2)55-69-72(65,66)68-54-56(52-61)70-59(63)50-47-44-41-38-35-31-24-21-18-15-12-9-6-3/h7-8,10-11,16-17,19-20,25-27,29-30,33-34,37,43,46,56-57,61H,4-6,9,12-15,18,21-24,28,31-32,35-36,38-42,44-45,47-55H2,1-3H3,(H,65,66)/b10-7-,11-8-,19-16-,20-17-,27-25-,29-26-,33-30-,37-34-,46-43-. The molecule has 11 nitrogen and oxygen atoms in total. The van der Waals surface area contributed by atoms with Gasteiger partial charge in [0.25, 0.3) is 0 Å². The molecule has 410 valence electrons. The smallest absolute Gasteiger partial charge is 0.461 e. The van der Waals surface area contributed by atoms with Crippen LogP contribution in [0, 0.1) is 0 Å². The maximum atomic E-state index is 12.9. The molecular weight excluding hydrogens is 928 g/mol. The van der Waals surface area contributed by atoms with Gasteiger partial charge in [0.15, 0.2) is 6.10 Å². The Labute approximate surface area is 437 Å². The maximum absolute atomic E-state index is 12.9. The summed E-state index contributed by atoms with van der Waals surface area (Å²) in [4.78, 5) is 48.4. The number of unbranched alkanes of at least 4 members (excludes halogenated alkanes) is 16. The van der Waals surface area contributed by atoms with Gasteiger partial charge < -0.3 is 24.2 Å². The van der Waals surface area contributed by atoms with Gasteiger partial charge in [0.2, 0.25) is 0 Å².